The second-order valence-electron chi connectivity index (χ2n) is 6.78. The summed E-state index contributed by atoms with van der Waals surface area (Å²) in [6.45, 7) is 9.23. The molecule has 0 bridgehead atoms. The molecule has 0 aromatic heterocycles. The summed E-state index contributed by atoms with van der Waals surface area (Å²) in [5.74, 6) is 0.974. The van der Waals surface area contributed by atoms with E-state index in [4.69, 9.17) is 4.99 Å². The lowest BCUT2D eigenvalue weighted by molar-refractivity contribution is 0.312. The zero-order valence-corrected chi connectivity index (χ0v) is 16.2. The minimum Gasteiger partial charge on any atom is -0.345 e. The number of nitrogens with zero attached hydrogens (tertiary/aromatic N) is 3. The van der Waals surface area contributed by atoms with Gasteiger partial charge in [-0.05, 0) is 29.8 Å². The lowest BCUT2D eigenvalue weighted by atomic mass is 9.95. The van der Waals surface area contributed by atoms with E-state index >= 15 is 0 Å². The van der Waals surface area contributed by atoms with Gasteiger partial charge in [0.05, 0.1) is 12.6 Å². The van der Waals surface area contributed by atoms with Crippen LogP contribution in [0.25, 0.3) is 0 Å². The minimum atomic E-state index is 0.129. The molecule has 26 heavy (non-hydrogen) atoms. The zero-order valence-electron chi connectivity index (χ0n) is 16.2. The van der Waals surface area contributed by atoms with Crippen LogP contribution < -0.4 is 5.32 Å². The van der Waals surface area contributed by atoms with Gasteiger partial charge in [0.15, 0.2) is 5.96 Å². The average Bonchev–Trinajstić information content (AvgIpc) is 2.82. The van der Waals surface area contributed by atoms with E-state index in [0.717, 1.165) is 38.7 Å². The Bertz CT molecular complexity index is 722. The van der Waals surface area contributed by atoms with E-state index in [2.05, 4.69) is 90.6 Å². The Kier molecular flexibility index (Phi) is 6.29. The predicted molar refractivity (Wildman–Crippen MR) is 109 cm³/mol. The van der Waals surface area contributed by atoms with Gasteiger partial charge in [0.25, 0.3) is 0 Å². The fourth-order valence-corrected chi connectivity index (χ4v) is 3.52. The molecule has 4 heteroatoms. The molecule has 0 saturated carbocycles. The lowest BCUT2D eigenvalue weighted by Crippen LogP contribution is -2.39. The summed E-state index contributed by atoms with van der Waals surface area (Å²) in [6, 6.07) is 19.5. The smallest absolute Gasteiger partial charge is 0.194 e. The largest absolute Gasteiger partial charge is 0.345 e. The highest BCUT2D eigenvalue weighted by Crippen LogP contribution is 2.28. The van der Waals surface area contributed by atoms with Gasteiger partial charge in [0.1, 0.15) is 0 Å². The average molecular weight is 351 g/mol. The van der Waals surface area contributed by atoms with Crippen LogP contribution >= 0.6 is 0 Å². The van der Waals surface area contributed by atoms with Gasteiger partial charge in [0, 0.05) is 20.1 Å². The molecule has 0 radical (unpaired) electrons. The molecule has 1 N–H and O–H groups in total. The van der Waals surface area contributed by atoms with Gasteiger partial charge in [0.2, 0.25) is 0 Å². The molecule has 1 aliphatic rings. The summed E-state index contributed by atoms with van der Waals surface area (Å²) in [6.07, 6.45) is 0. The maximum Gasteiger partial charge on any atom is 0.194 e. The maximum absolute atomic E-state index is 4.91. The number of hydrogen-bond acceptors (Lipinski definition) is 2. The molecule has 1 heterocycles. The molecule has 0 aliphatic carbocycles. The van der Waals surface area contributed by atoms with Gasteiger partial charge in [-0.1, -0.05) is 68.4 Å². The highest BCUT2D eigenvalue weighted by molar-refractivity contribution is 5.81. The molecule has 0 spiro atoms. The molecule has 1 unspecified atom stereocenters. The van der Waals surface area contributed by atoms with E-state index in [1.54, 1.807) is 0 Å². The highest BCUT2D eigenvalue weighted by atomic mass is 15.3. The molecule has 0 amide bonds. The Morgan fingerprint density at radius 1 is 1.04 bits per heavy atom. The van der Waals surface area contributed by atoms with Crippen molar-refractivity contribution >= 4 is 5.96 Å². The molecule has 0 fully saturated rings. The van der Waals surface area contributed by atoms with Crippen LogP contribution in [0.15, 0.2) is 59.6 Å². The standard InChI is InChI=1S/C22H30N4/c1-4-26(5-2)16-15-23-22-24-21(18-11-7-6-8-12-18)20-14-10-9-13-19(20)17-25(22)3/h6-14,21H,4-5,15-17H2,1-3H3,(H,23,24). The number of likely N-dealkylation sites (N-methyl/N-ethyl adjacent to an activating group) is 1. The van der Waals surface area contributed by atoms with Crippen LogP contribution in [-0.2, 0) is 6.54 Å². The van der Waals surface area contributed by atoms with Crippen molar-refractivity contribution < 1.29 is 0 Å². The first kappa shape index (κ1) is 18.5. The molecule has 1 atom stereocenters. The van der Waals surface area contributed by atoms with Crippen molar-refractivity contribution in [3.63, 3.8) is 0 Å². The number of rotatable bonds is 6. The fourth-order valence-electron chi connectivity index (χ4n) is 3.52. The van der Waals surface area contributed by atoms with Crippen LogP contribution in [-0.4, -0.2) is 49.0 Å². The third-order valence-electron chi connectivity index (χ3n) is 5.11. The van der Waals surface area contributed by atoms with Crippen molar-refractivity contribution in [2.45, 2.75) is 26.4 Å². The number of hydrogen-bond donors (Lipinski definition) is 1. The second-order valence-corrected chi connectivity index (χ2v) is 6.78. The first-order valence-corrected chi connectivity index (χ1v) is 9.60. The van der Waals surface area contributed by atoms with E-state index < -0.39 is 0 Å². The van der Waals surface area contributed by atoms with Gasteiger partial charge >= 0.3 is 0 Å². The summed E-state index contributed by atoms with van der Waals surface area (Å²) in [5.41, 5.74) is 3.96. The van der Waals surface area contributed by atoms with E-state index in [0.29, 0.717) is 0 Å². The van der Waals surface area contributed by atoms with E-state index in [9.17, 15) is 0 Å². The van der Waals surface area contributed by atoms with Crippen LogP contribution in [0.3, 0.4) is 0 Å². The zero-order chi connectivity index (χ0) is 18.4. The molecule has 1 aliphatic heterocycles. The van der Waals surface area contributed by atoms with Crippen LogP contribution in [0, 0.1) is 0 Å². The molecule has 2 aromatic rings. The Hall–Kier alpha value is -2.33. The number of fused-ring (bicyclic) bond motifs is 1. The van der Waals surface area contributed by atoms with Crippen molar-refractivity contribution in [2.75, 3.05) is 33.2 Å². The topological polar surface area (TPSA) is 30.9 Å². The monoisotopic (exact) mass is 350 g/mol. The third-order valence-corrected chi connectivity index (χ3v) is 5.11. The first-order valence-electron chi connectivity index (χ1n) is 9.60. The van der Waals surface area contributed by atoms with Crippen LogP contribution in [0.4, 0.5) is 0 Å². The lowest BCUT2D eigenvalue weighted by Gasteiger charge is -2.23. The Balaban J connectivity index is 1.87. The van der Waals surface area contributed by atoms with E-state index in [-0.39, 0.29) is 6.04 Å². The van der Waals surface area contributed by atoms with E-state index in [1.165, 1.54) is 16.7 Å². The van der Waals surface area contributed by atoms with Crippen molar-refractivity contribution in [2.24, 2.45) is 4.99 Å². The summed E-state index contributed by atoms with van der Waals surface area (Å²) in [7, 11) is 2.12. The molecule has 2 aromatic carbocycles. The Labute approximate surface area is 157 Å². The molecule has 4 nitrogen and oxygen atoms in total. The van der Waals surface area contributed by atoms with Crippen molar-refractivity contribution in [3.05, 3.63) is 71.3 Å². The first-order chi connectivity index (χ1) is 12.7. The SMILES string of the molecule is CCN(CC)CCN=C1NC(c2ccccc2)c2ccccc2CN1C. The predicted octanol–water partition coefficient (Wildman–Crippen LogP) is 3.51. The third kappa shape index (κ3) is 4.25. The summed E-state index contributed by atoms with van der Waals surface area (Å²) >= 11 is 0. The highest BCUT2D eigenvalue weighted by Gasteiger charge is 2.24. The van der Waals surface area contributed by atoms with Gasteiger partial charge in [-0.3, -0.25) is 4.99 Å². The fraction of sp³-hybridized carbons (Fsp3) is 0.409. The van der Waals surface area contributed by atoms with Gasteiger partial charge in [-0.2, -0.15) is 0 Å². The summed E-state index contributed by atoms with van der Waals surface area (Å²) in [4.78, 5) is 9.54. The quantitative estimate of drug-likeness (QED) is 0.865. The number of benzene rings is 2. The Morgan fingerprint density at radius 2 is 1.73 bits per heavy atom. The van der Waals surface area contributed by atoms with Crippen molar-refractivity contribution in [3.8, 4) is 0 Å². The minimum absolute atomic E-state index is 0.129. The Morgan fingerprint density at radius 3 is 2.46 bits per heavy atom. The van der Waals surface area contributed by atoms with Crippen molar-refractivity contribution in [1.29, 1.82) is 0 Å². The molecular formula is C22H30N4. The molecular weight excluding hydrogens is 320 g/mol. The van der Waals surface area contributed by atoms with Gasteiger partial charge < -0.3 is 15.1 Å². The van der Waals surface area contributed by atoms with Gasteiger partial charge in [-0.15, -0.1) is 0 Å². The number of aliphatic imine (C=N–C) groups is 1. The summed E-state index contributed by atoms with van der Waals surface area (Å²) in [5, 5.41) is 3.71. The summed E-state index contributed by atoms with van der Waals surface area (Å²) < 4.78 is 0. The normalized spacial score (nSPS) is 18.5. The van der Waals surface area contributed by atoms with Crippen LogP contribution in [0.2, 0.25) is 0 Å². The van der Waals surface area contributed by atoms with Crippen LogP contribution in [0.1, 0.15) is 36.6 Å². The maximum atomic E-state index is 4.91. The second kappa shape index (κ2) is 8.86. The molecule has 138 valence electrons. The van der Waals surface area contributed by atoms with Gasteiger partial charge in [-0.25, -0.2) is 0 Å². The van der Waals surface area contributed by atoms with Crippen molar-refractivity contribution in [1.82, 2.24) is 15.1 Å². The number of nitrogens with one attached hydrogen (secondary N) is 1. The molecule has 0 saturated heterocycles. The molecule has 3 rings (SSSR count). The van der Waals surface area contributed by atoms with E-state index in [1.807, 2.05) is 0 Å². The number of guanidine groups is 1. The van der Waals surface area contributed by atoms with Crippen LogP contribution in [0.5, 0.6) is 0 Å².